The van der Waals surface area contributed by atoms with Gasteiger partial charge in [0.1, 0.15) is 11.5 Å². The highest BCUT2D eigenvalue weighted by atomic mass is 32.2. The Morgan fingerprint density at radius 2 is 2.12 bits per heavy atom. The molecule has 0 atom stereocenters. The number of furan rings is 1. The SMILES string of the molecule is OC1CC(NCc2ccc(CSC(F)F)o2)C1. The normalized spacial score (nSPS) is 24.0. The third kappa shape index (κ3) is 3.97. The Labute approximate surface area is 103 Å². The molecule has 0 spiro atoms. The van der Waals surface area contributed by atoms with E-state index in [0.717, 1.165) is 18.6 Å². The lowest BCUT2D eigenvalue weighted by Crippen LogP contribution is -2.43. The standard InChI is InChI=1S/C11H15F2NO2S/c12-11(13)17-6-10-2-1-9(16-10)5-14-7-3-8(15)4-7/h1-2,7-8,11,14-15H,3-6H2. The molecule has 2 N–H and O–H groups in total. The first kappa shape index (κ1) is 12.9. The number of thioether (sulfide) groups is 1. The van der Waals surface area contributed by atoms with E-state index >= 15 is 0 Å². The molecule has 17 heavy (non-hydrogen) atoms. The molecule has 0 radical (unpaired) electrons. The van der Waals surface area contributed by atoms with E-state index in [0.29, 0.717) is 30.1 Å². The lowest BCUT2D eigenvalue weighted by Gasteiger charge is -2.31. The summed E-state index contributed by atoms with van der Waals surface area (Å²) in [5, 5.41) is 12.3. The van der Waals surface area contributed by atoms with Crippen LogP contribution in [-0.2, 0) is 12.3 Å². The Bertz CT molecular complexity index is 353. The van der Waals surface area contributed by atoms with Crippen LogP contribution in [0.15, 0.2) is 16.5 Å². The highest BCUT2D eigenvalue weighted by Gasteiger charge is 2.26. The number of aliphatic hydroxyl groups excluding tert-OH is 1. The average molecular weight is 263 g/mol. The topological polar surface area (TPSA) is 45.4 Å². The minimum Gasteiger partial charge on any atom is -0.464 e. The molecule has 1 aliphatic carbocycles. The molecule has 1 fully saturated rings. The van der Waals surface area contributed by atoms with Gasteiger partial charge >= 0.3 is 0 Å². The number of aliphatic hydroxyl groups is 1. The summed E-state index contributed by atoms with van der Waals surface area (Å²) in [5.41, 5.74) is 0. The van der Waals surface area contributed by atoms with Crippen molar-refractivity contribution in [2.75, 3.05) is 0 Å². The monoisotopic (exact) mass is 263 g/mol. The Morgan fingerprint density at radius 3 is 2.76 bits per heavy atom. The molecule has 1 aromatic rings. The van der Waals surface area contributed by atoms with Crippen LogP contribution < -0.4 is 5.32 Å². The lowest BCUT2D eigenvalue weighted by molar-refractivity contribution is 0.0611. The summed E-state index contributed by atoms with van der Waals surface area (Å²) < 4.78 is 29.3. The maximum Gasteiger partial charge on any atom is 0.284 e. The Hall–Kier alpha value is -0.590. The average Bonchev–Trinajstić information content (AvgIpc) is 2.68. The molecule has 0 amide bonds. The van der Waals surface area contributed by atoms with Gasteiger partial charge in [-0.25, -0.2) is 0 Å². The van der Waals surface area contributed by atoms with Gasteiger partial charge in [-0.1, -0.05) is 11.8 Å². The molecule has 96 valence electrons. The molecule has 0 aromatic carbocycles. The highest BCUT2D eigenvalue weighted by molar-refractivity contribution is 7.98. The number of hydrogen-bond donors (Lipinski definition) is 2. The van der Waals surface area contributed by atoms with Gasteiger partial charge in [0.15, 0.2) is 0 Å². The largest absolute Gasteiger partial charge is 0.464 e. The summed E-state index contributed by atoms with van der Waals surface area (Å²) in [6.07, 6.45) is 1.37. The van der Waals surface area contributed by atoms with E-state index in [4.69, 9.17) is 9.52 Å². The van der Waals surface area contributed by atoms with Crippen molar-refractivity contribution in [2.24, 2.45) is 0 Å². The third-order valence-corrected chi connectivity index (χ3v) is 3.45. The van der Waals surface area contributed by atoms with Crippen molar-refractivity contribution in [1.82, 2.24) is 5.32 Å². The van der Waals surface area contributed by atoms with Crippen LogP contribution in [0.5, 0.6) is 0 Å². The first-order valence-corrected chi connectivity index (χ1v) is 6.57. The van der Waals surface area contributed by atoms with Crippen LogP contribution in [0.3, 0.4) is 0 Å². The Kier molecular flexibility index (Phi) is 4.42. The van der Waals surface area contributed by atoms with E-state index in [2.05, 4.69) is 5.32 Å². The van der Waals surface area contributed by atoms with E-state index in [-0.39, 0.29) is 11.9 Å². The lowest BCUT2D eigenvalue weighted by atomic mass is 9.89. The van der Waals surface area contributed by atoms with Gasteiger partial charge in [-0.2, -0.15) is 8.78 Å². The number of halogens is 2. The van der Waals surface area contributed by atoms with Crippen LogP contribution in [0, 0.1) is 0 Å². The predicted molar refractivity (Wildman–Crippen MR) is 61.9 cm³/mol. The predicted octanol–water partition coefficient (Wildman–Crippen LogP) is 2.35. The van der Waals surface area contributed by atoms with Gasteiger partial charge in [-0.05, 0) is 25.0 Å². The molecule has 2 rings (SSSR count). The number of alkyl halides is 2. The fourth-order valence-corrected chi connectivity index (χ4v) is 2.18. The van der Waals surface area contributed by atoms with Crippen molar-refractivity contribution in [3.05, 3.63) is 23.7 Å². The fourth-order valence-electron chi connectivity index (χ4n) is 1.74. The second-order valence-corrected chi connectivity index (χ2v) is 5.12. The highest BCUT2D eigenvalue weighted by Crippen LogP contribution is 2.22. The van der Waals surface area contributed by atoms with Crippen LogP contribution in [0.4, 0.5) is 8.78 Å². The minimum absolute atomic E-state index is 0.179. The molecule has 0 saturated heterocycles. The van der Waals surface area contributed by atoms with Gasteiger partial charge < -0.3 is 14.8 Å². The molecule has 3 nitrogen and oxygen atoms in total. The molecule has 1 saturated carbocycles. The van der Waals surface area contributed by atoms with Crippen molar-refractivity contribution < 1.29 is 18.3 Å². The summed E-state index contributed by atoms with van der Waals surface area (Å²) >= 11 is 0.557. The van der Waals surface area contributed by atoms with Crippen LogP contribution in [0.25, 0.3) is 0 Å². The molecule has 1 heterocycles. The van der Waals surface area contributed by atoms with E-state index in [1.165, 1.54) is 0 Å². The van der Waals surface area contributed by atoms with Gasteiger partial charge in [0.25, 0.3) is 5.76 Å². The Balaban J connectivity index is 1.70. The maximum absolute atomic E-state index is 12.0. The first-order chi connectivity index (χ1) is 8.13. The van der Waals surface area contributed by atoms with Gasteiger partial charge in [-0.3, -0.25) is 0 Å². The van der Waals surface area contributed by atoms with Crippen LogP contribution in [-0.4, -0.2) is 23.0 Å². The summed E-state index contributed by atoms with van der Waals surface area (Å²) in [5.74, 6) is -0.852. The summed E-state index contributed by atoms with van der Waals surface area (Å²) in [7, 11) is 0. The molecule has 0 bridgehead atoms. The first-order valence-electron chi connectivity index (χ1n) is 5.52. The van der Waals surface area contributed by atoms with Gasteiger partial charge in [0.2, 0.25) is 0 Å². The summed E-state index contributed by atoms with van der Waals surface area (Å²) in [6, 6.07) is 3.86. The fraction of sp³-hybridized carbons (Fsp3) is 0.636. The van der Waals surface area contributed by atoms with Crippen LogP contribution in [0.2, 0.25) is 0 Å². The van der Waals surface area contributed by atoms with Crippen LogP contribution in [0.1, 0.15) is 24.4 Å². The minimum atomic E-state index is -2.36. The van der Waals surface area contributed by atoms with Crippen LogP contribution >= 0.6 is 11.8 Å². The van der Waals surface area contributed by atoms with E-state index in [1.54, 1.807) is 12.1 Å². The summed E-state index contributed by atoms with van der Waals surface area (Å²) in [4.78, 5) is 0. The molecular formula is C11H15F2NO2S. The molecule has 1 aliphatic rings. The van der Waals surface area contributed by atoms with E-state index in [9.17, 15) is 8.78 Å². The maximum atomic E-state index is 12.0. The summed E-state index contributed by atoms with van der Waals surface area (Å²) in [6.45, 7) is 0.580. The van der Waals surface area contributed by atoms with Crippen molar-refractivity contribution >= 4 is 11.8 Å². The zero-order chi connectivity index (χ0) is 12.3. The zero-order valence-electron chi connectivity index (χ0n) is 9.23. The molecule has 6 heteroatoms. The number of nitrogens with one attached hydrogen (secondary N) is 1. The zero-order valence-corrected chi connectivity index (χ0v) is 10.1. The second kappa shape index (κ2) is 5.84. The van der Waals surface area contributed by atoms with Crippen molar-refractivity contribution in [2.45, 2.75) is 43.0 Å². The second-order valence-electron chi connectivity index (χ2n) is 4.14. The molecular weight excluding hydrogens is 248 g/mol. The van der Waals surface area contributed by atoms with Crippen molar-refractivity contribution in [3.8, 4) is 0 Å². The number of rotatable bonds is 6. The molecule has 0 unspecified atom stereocenters. The van der Waals surface area contributed by atoms with Gasteiger partial charge in [0.05, 0.1) is 18.4 Å². The molecule has 1 aromatic heterocycles. The van der Waals surface area contributed by atoms with Crippen molar-refractivity contribution in [1.29, 1.82) is 0 Å². The Morgan fingerprint density at radius 1 is 1.41 bits per heavy atom. The molecule has 0 aliphatic heterocycles. The smallest absolute Gasteiger partial charge is 0.284 e. The van der Waals surface area contributed by atoms with Gasteiger partial charge in [0, 0.05) is 6.04 Å². The number of hydrogen-bond acceptors (Lipinski definition) is 4. The quantitative estimate of drug-likeness (QED) is 0.827. The van der Waals surface area contributed by atoms with Gasteiger partial charge in [-0.15, -0.1) is 0 Å². The van der Waals surface area contributed by atoms with Crippen molar-refractivity contribution in [3.63, 3.8) is 0 Å². The van der Waals surface area contributed by atoms with E-state index in [1.807, 2.05) is 0 Å². The third-order valence-electron chi connectivity index (χ3n) is 2.75. The van der Waals surface area contributed by atoms with E-state index < -0.39 is 5.76 Å².